The molecule has 0 aliphatic heterocycles. The minimum atomic E-state index is -1.03. The van der Waals surface area contributed by atoms with E-state index in [-0.39, 0.29) is 13.2 Å². The summed E-state index contributed by atoms with van der Waals surface area (Å²) in [5.74, 6) is -0.560. The molecule has 0 spiro atoms. The van der Waals surface area contributed by atoms with Crippen molar-refractivity contribution in [2.24, 2.45) is 0 Å². The molecular formula is C21H25N3O4. The molecule has 1 amide bonds. The van der Waals surface area contributed by atoms with E-state index >= 15 is 0 Å². The van der Waals surface area contributed by atoms with Gasteiger partial charge in [-0.05, 0) is 67.7 Å². The monoisotopic (exact) mass is 383 g/mol. The molecule has 1 atom stereocenters. The van der Waals surface area contributed by atoms with Gasteiger partial charge in [-0.3, -0.25) is 5.32 Å². The molecule has 0 radical (unpaired) electrons. The van der Waals surface area contributed by atoms with Gasteiger partial charge in [-0.15, -0.1) is 0 Å². The first-order valence-electron chi connectivity index (χ1n) is 9.92. The van der Waals surface area contributed by atoms with Crippen LogP contribution in [0.4, 0.5) is 10.5 Å². The Morgan fingerprint density at radius 1 is 1.18 bits per heavy atom. The Morgan fingerprint density at radius 2 is 1.89 bits per heavy atom. The van der Waals surface area contributed by atoms with Crippen LogP contribution < -0.4 is 5.32 Å². The van der Waals surface area contributed by atoms with Gasteiger partial charge < -0.3 is 14.0 Å². The van der Waals surface area contributed by atoms with E-state index in [4.69, 9.17) is 9.47 Å². The number of aryl methyl sites for hydroxylation is 2. The molecule has 2 aromatic rings. The molecule has 148 valence electrons. The highest BCUT2D eigenvalue weighted by Gasteiger charge is 2.28. The molecule has 4 rings (SSSR count). The third-order valence-corrected chi connectivity index (χ3v) is 5.43. The molecule has 7 nitrogen and oxygen atoms in total. The Kier molecular flexibility index (Phi) is 5.32. The molecule has 1 heterocycles. The van der Waals surface area contributed by atoms with Crippen LogP contribution >= 0.6 is 0 Å². The number of amides is 1. The van der Waals surface area contributed by atoms with Crippen LogP contribution in [0.5, 0.6) is 0 Å². The molecule has 1 unspecified atom stereocenters. The third kappa shape index (κ3) is 3.74. The van der Waals surface area contributed by atoms with Gasteiger partial charge in [0.15, 0.2) is 0 Å². The number of aromatic nitrogens is 2. The van der Waals surface area contributed by atoms with Crippen molar-refractivity contribution in [3.8, 4) is 0 Å². The largest absolute Gasteiger partial charge is 0.463 e. The Bertz CT molecular complexity index is 844. The maximum atomic E-state index is 12.7. The third-order valence-electron chi connectivity index (χ3n) is 5.43. The molecule has 2 aliphatic rings. The zero-order chi connectivity index (χ0) is 19.5. The highest BCUT2D eigenvalue weighted by molar-refractivity contribution is 5.90. The van der Waals surface area contributed by atoms with Crippen molar-refractivity contribution in [2.75, 3.05) is 11.9 Å². The van der Waals surface area contributed by atoms with Crippen LogP contribution in [0, 0.1) is 0 Å². The van der Waals surface area contributed by atoms with E-state index < -0.39 is 18.2 Å². The highest BCUT2D eigenvalue weighted by Crippen LogP contribution is 2.38. The highest BCUT2D eigenvalue weighted by atomic mass is 16.6. The number of hydrogen-bond donors (Lipinski definition) is 1. The Morgan fingerprint density at radius 3 is 2.50 bits per heavy atom. The number of nitrogens with one attached hydrogen (secondary N) is 1. The van der Waals surface area contributed by atoms with Gasteiger partial charge in [0, 0.05) is 12.4 Å². The van der Waals surface area contributed by atoms with Crippen molar-refractivity contribution in [3.63, 3.8) is 0 Å². The lowest BCUT2D eigenvalue weighted by Gasteiger charge is -2.19. The van der Waals surface area contributed by atoms with Crippen molar-refractivity contribution in [2.45, 2.75) is 58.1 Å². The lowest BCUT2D eigenvalue weighted by Crippen LogP contribution is -2.34. The van der Waals surface area contributed by atoms with E-state index in [1.165, 1.54) is 22.3 Å². The summed E-state index contributed by atoms with van der Waals surface area (Å²) in [5.41, 5.74) is 6.00. The zero-order valence-corrected chi connectivity index (χ0v) is 16.1. The molecule has 28 heavy (non-hydrogen) atoms. The standard InChI is InChI=1S/C21H25N3O4/c1-2-27-20(25)18(12-24-10-9-22-13-24)28-21(26)23-19-16-7-3-5-14(16)11-15-6-4-8-17(15)19/h9-11,13,18H,2-8,12H2,1H3,(H,23,26). The average Bonchev–Trinajstić information content (AvgIpc) is 3.42. The van der Waals surface area contributed by atoms with Crippen LogP contribution in [-0.4, -0.2) is 34.3 Å². The number of anilines is 1. The van der Waals surface area contributed by atoms with Crippen molar-refractivity contribution in [1.82, 2.24) is 9.55 Å². The SMILES string of the molecule is CCOC(=O)C(Cn1ccnc1)OC(=O)Nc1c2c(cc3c1CCC3)CCC2. The number of carbonyl (C=O) groups excluding carboxylic acids is 2. The predicted molar refractivity (Wildman–Crippen MR) is 103 cm³/mol. The molecule has 1 aromatic carbocycles. The topological polar surface area (TPSA) is 82.5 Å². The summed E-state index contributed by atoms with van der Waals surface area (Å²) in [6.45, 7) is 2.12. The molecular weight excluding hydrogens is 358 g/mol. The molecule has 0 saturated carbocycles. The molecule has 0 bridgehead atoms. The number of carbonyl (C=O) groups is 2. The second kappa shape index (κ2) is 8.04. The summed E-state index contributed by atoms with van der Waals surface area (Å²) in [6, 6.07) is 2.31. The molecule has 2 aliphatic carbocycles. The van der Waals surface area contributed by atoms with Gasteiger partial charge in [0.25, 0.3) is 0 Å². The summed E-state index contributed by atoms with van der Waals surface area (Å²) < 4.78 is 12.2. The van der Waals surface area contributed by atoms with E-state index in [1.54, 1.807) is 30.2 Å². The van der Waals surface area contributed by atoms with Crippen LogP contribution in [0.25, 0.3) is 0 Å². The zero-order valence-electron chi connectivity index (χ0n) is 16.1. The number of hydrogen-bond acceptors (Lipinski definition) is 5. The smallest absolute Gasteiger partial charge is 0.412 e. The van der Waals surface area contributed by atoms with Gasteiger partial charge in [0.2, 0.25) is 6.10 Å². The van der Waals surface area contributed by atoms with Gasteiger partial charge in [-0.2, -0.15) is 0 Å². The molecule has 1 aromatic heterocycles. The number of rotatable bonds is 6. The van der Waals surface area contributed by atoms with E-state index in [9.17, 15) is 9.59 Å². The Hall–Kier alpha value is -2.83. The lowest BCUT2D eigenvalue weighted by molar-refractivity contribution is -0.153. The summed E-state index contributed by atoms with van der Waals surface area (Å²) >= 11 is 0. The van der Waals surface area contributed by atoms with Gasteiger partial charge in [-0.1, -0.05) is 6.07 Å². The van der Waals surface area contributed by atoms with E-state index in [1.807, 2.05) is 0 Å². The van der Waals surface area contributed by atoms with Gasteiger partial charge >= 0.3 is 12.1 Å². The maximum Gasteiger partial charge on any atom is 0.412 e. The Balaban J connectivity index is 1.52. The number of benzene rings is 1. The number of esters is 1. The first-order valence-corrected chi connectivity index (χ1v) is 9.92. The van der Waals surface area contributed by atoms with E-state index in [2.05, 4.69) is 16.4 Å². The van der Waals surface area contributed by atoms with Crippen LogP contribution in [0.3, 0.4) is 0 Å². The number of fused-ring (bicyclic) bond motifs is 2. The van der Waals surface area contributed by atoms with Gasteiger partial charge in [0.05, 0.1) is 25.2 Å². The van der Waals surface area contributed by atoms with Crippen LogP contribution in [0.1, 0.15) is 42.0 Å². The molecule has 1 N–H and O–H groups in total. The van der Waals surface area contributed by atoms with Crippen molar-refractivity contribution < 1.29 is 19.1 Å². The normalized spacial score (nSPS) is 15.6. The molecule has 0 saturated heterocycles. The predicted octanol–water partition coefficient (Wildman–Crippen LogP) is 3.04. The minimum Gasteiger partial charge on any atom is -0.463 e. The van der Waals surface area contributed by atoms with Gasteiger partial charge in [-0.25, -0.2) is 14.6 Å². The number of imidazole rings is 1. The van der Waals surface area contributed by atoms with Crippen LogP contribution in [0.2, 0.25) is 0 Å². The number of nitrogens with zero attached hydrogens (tertiary/aromatic N) is 2. The second-order valence-corrected chi connectivity index (χ2v) is 7.26. The average molecular weight is 383 g/mol. The fourth-order valence-electron chi connectivity index (χ4n) is 4.21. The van der Waals surface area contributed by atoms with Crippen molar-refractivity contribution in [1.29, 1.82) is 0 Å². The lowest BCUT2D eigenvalue weighted by atomic mass is 9.99. The summed E-state index contributed by atoms with van der Waals surface area (Å²) in [5, 5.41) is 2.96. The van der Waals surface area contributed by atoms with Crippen molar-refractivity contribution >= 4 is 17.7 Å². The quantitative estimate of drug-likeness (QED) is 0.776. The second-order valence-electron chi connectivity index (χ2n) is 7.26. The summed E-state index contributed by atoms with van der Waals surface area (Å²) in [7, 11) is 0. The minimum absolute atomic E-state index is 0.164. The first-order chi connectivity index (χ1) is 13.7. The number of ether oxygens (including phenoxy) is 2. The van der Waals surface area contributed by atoms with E-state index in [0.717, 1.165) is 44.2 Å². The van der Waals surface area contributed by atoms with Crippen LogP contribution in [-0.2, 0) is 46.5 Å². The maximum absolute atomic E-state index is 12.7. The van der Waals surface area contributed by atoms with Gasteiger partial charge in [0.1, 0.15) is 0 Å². The first kappa shape index (κ1) is 18.5. The summed E-state index contributed by atoms with van der Waals surface area (Å²) in [6.07, 6.45) is 9.50. The van der Waals surface area contributed by atoms with Crippen molar-refractivity contribution in [3.05, 3.63) is 47.0 Å². The van der Waals surface area contributed by atoms with E-state index in [0.29, 0.717) is 0 Å². The fraction of sp³-hybridized carbons (Fsp3) is 0.476. The Labute approximate surface area is 164 Å². The van der Waals surface area contributed by atoms with Crippen LogP contribution in [0.15, 0.2) is 24.8 Å². The summed E-state index contributed by atoms with van der Waals surface area (Å²) in [4.78, 5) is 28.9. The fourth-order valence-corrected chi connectivity index (χ4v) is 4.21. The molecule has 7 heteroatoms. The molecule has 0 fully saturated rings.